The van der Waals surface area contributed by atoms with Gasteiger partial charge in [0.15, 0.2) is 0 Å². The molecule has 0 aliphatic carbocycles. The fourth-order valence-electron chi connectivity index (χ4n) is 1.00. The summed E-state index contributed by atoms with van der Waals surface area (Å²) >= 11 is 1.61. The average molecular weight is 218 g/mol. The van der Waals surface area contributed by atoms with Crippen LogP contribution in [0.2, 0.25) is 0 Å². The van der Waals surface area contributed by atoms with E-state index in [0.717, 1.165) is 24.1 Å². The highest BCUT2D eigenvalue weighted by Crippen LogP contribution is 2.09. The molecule has 0 aliphatic heterocycles. The van der Waals surface area contributed by atoms with E-state index in [2.05, 4.69) is 18.8 Å². The molecule has 78 valence electrons. The van der Waals surface area contributed by atoms with Crippen molar-refractivity contribution in [3.8, 4) is 11.8 Å². The van der Waals surface area contributed by atoms with E-state index in [9.17, 15) is 4.79 Å². The Labute approximate surface area is 94.8 Å². The maximum absolute atomic E-state index is 11.2. The van der Waals surface area contributed by atoms with Gasteiger partial charge in [0.1, 0.15) is 0 Å². The number of unbranched alkanes of at least 4 members (excludes halogenated alkanes) is 2. The van der Waals surface area contributed by atoms with Crippen LogP contribution in [0, 0.1) is 11.8 Å². The van der Waals surface area contributed by atoms with Crippen molar-refractivity contribution in [2.45, 2.75) is 26.2 Å². The highest BCUT2D eigenvalue weighted by atomic mass is 32.1. The molecule has 0 bridgehead atoms. The van der Waals surface area contributed by atoms with Gasteiger partial charge in [-0.15, -0.1) is 11.3 Å². The molecule has 0 amide bonds. The zero-order valence-corrected chi connectivity index (χ0v) is 9.64. The van der Waals surface area contributed by atoms with Gasteiger partial charge >= 0.3 is 0 Å². The van der Waals surface area contributed by atoms with E-state index in [4.69, 9.17) is 0 Å². The van der Waals surface area contributed by atoms with Crippen LogP contribution in [0.4, 0.5) is 0 Å². The second-order valence-corrected chi connectivity index (χ2v) is 4.10. The van der Waals surface area contributed by atoms with Crippen molar-refractivity contribution < 1.29 is 4.79 Å². The Kier molecular flexibility index (Phi) is 5.50. The summed E-state index contributed by atoms with van der Waals surface area (Å²) in [7, 11) is 0. The summed E-state index contributed by atoms with van der Waals surface area (Å²) in [5, 5.41) is 1.98. The minimum Gasteiger partial charge on any atom is -0.280 e. The average Bonchev–Trinajstić information content (AvgIpc) is 2.74. The molecule has 0 fully saturated rings. The van der Waals surface area contributed by atoms with Crippen molar-refractivity contribution in [3.05, 3.63) is 28.5 Å². The first-order valence-corrected chi connectivity index (χ1v) is 5.95. The van der Waals surface area contributed by atoms with E-state index in [1.165, 1.54) is 6.08 Å². The van der Waals surface area contributed by atoms with E-state index in [1.807, 2.05) is 23.6 Å². The number of carbonyl (C=O) groups excluding carboxylic acids is 1. The number of ketones is 1. The van der Waals surface area contributed by atoms with Gasteiger partial charge in [-0.3, -0.25) is 4.79 Å². The fraction of sp³-hybridized carbons (Fsp3) is 0.308. The van der Waals surface area contributed by atoms with Crippen molar-refractivity contribution in [2.24, 2.45) is 0 Å². The molecule has 2 heteroatoms. The molecule has 0 saturated carbocycles. The SMILES string of the molecule is CCCCC#CC(=O)/C=C/c1cccs1. The predicted molar refractivity (Wildman–Crippen MR) is 65.7 cm³/mol. The molecule has 15 heavy (non-hydrogen) atoms. The Morgan fingerprint density at radius 3 is 3.13 bits per heavy atom. The lowest BCUT2D eigenvalue weighted by atomic mass is 10.2. The van der Waals surface area contributed by atoms with E-state index < -0.39 is 0 Å². The van der Waals surface area contributed by atoms with Gasteiger partial charge in [0, 0.05) is 11.3 Å². The Morgan fingerprint density at radius 1 is 1.60 bits per heavy atom. The molecule has 1 rings (SSSR count). The second-order valence-electron chi connectivity index (χ2n) is 3.12. The third-order valence-corrected chi connectivity index (χ3v) is 2.65. The molecule has 0 unspecified atom stereocenters. The van der Waals surface area contributed by atoms with E-state index in [1.54, 1.807) is 11.3 Å². The van der Waals surface area contributed by atoms with Crippen LogP contribution < -0.4 is 0 Å². The van der Waals surface area contributed by atoms with Gasteiger partial charge in [-0.1, -0.05) is 25.3 Å². The first-order valence-electron chi connectivity index (χ1n) is 5.07. The smallest absolute Gasteiger partial charge is 0.228 e. The largest absolute Gasteiger partial charge is 0.280 e. The zero-order chi connectivity index (χ0) is 10.9. The molecule has 1 heterocycles. The summed E-state index contributed by atoms with van der Waals surface area (Å²) in [5.74, 6) is 5.37. The molecule has 0 saturated heterocycles. The molecule has 0 N–H and O–H groups in total. The van der Waals surface area contributed by atoms with E-state index >= 15 is 0 Å². The van der Waals surface area contributed by atoms with Crippen molar-refractivity contribution in [1.82, 2.24) is 0 Å². The maximum Gasteiger partial charge on any atom is 0.228 e. The Balaban J connectivity index is 2.38. The summed E-state index contributed by atoms with van der Waals surface area (Å²) in [4.78, 5) is 12.3. The lowest BCUT2D eigenvalue weighted by Crippen LogP contribution is -1.84. The van der Waals surface area contributed by atoms with Crippen LogP contribution in [0.25, 0.3) is 6.08 Å². The standard InChI is InChI=1S/C13H14OS/c1-2-3-4-5-7-12(14)9-10-13-8-6-11-15-13/h6,8-11H,2-4H2,1H3/b10-9+. The van der Waals surface area contributed by atoms with Gasteiger partial charge < -0.3 is 0 Å². The molecule has 1 aromatic heterocycles. The third kappa shape index (κ3) is 5.19. The summed E-state index contributed by atoms with van der Waals surface area (Å²) in [6, 6.07) is 3.93. The number of allylic oxidation sites excluding steroid dienone is 1. The van der Waals surface area contributed by atoms with Gasteiger partial charge in [-0.05, 0) is 35.9 Å². The van der Waals surface area contributed by atoms with Crippen LogP contribution in [0.1, 0.15) is 31.1 Å². The molecule has 1 nitrogen and oxygen atoms in total. The molecule has 1 aromatic rings. The van der Waals surface area contributed by atoms with Gasteiger partial charge in [0.05, 0.1) is 0 Å². The fourth-order valence-corrected chi connectivity index (χ4v) is 1.62. The Morgan fingerprint density at radius 2 is 2.47 bits per heavy atom. The third-order valence-electron chi connectivity index (χ3n) is 1.81. The van der Waals surface area contributed by atoms with Gasteiger partial charge in [-0.25, -0.2) is 0 Å². The van der Waals surface area contributed by atoms with Crippen LogP contribution in [0.3, 0.4) is 0 Å². The summed E-state index contributed by atoms with van der Waals surface area (Å²) in [6.07, 6.45) is 6.34. The highest BCUT2D eigenvalue weighted by Gasteiger charge is 1.89. The summed E-state index contributed by atoms with van der Waals surface area (Å²) < 4.78 is 0. The number of hydrogen-bond acceptors (Lipinski definition) is 2. The lowest BCUT2D eigenvalue weighted by Gasteiger charge is -1.83. The van der Waals surface area contributed by atoms with Crippen molar-refractivity contribution in [2.75, 3.05) is 0 Å². The zero-order valence-electron chi connectivity index (χ0n) is 8.82. The Hall–Kier alpha value is -1.33. The molecular weight excluding hydrogens is 204 g/mol. The van der Waals surface area contributed by atoms with E-state index in [-0.39, 0.29) is 5.78 Å². The van der Waals surface area contributed by atoms with E-state index in [0.29, 0.717) is 0 Å². The normalized spacial score (nSPS) is 9.93. The first kappa shape index (κ1) is 11.7. The van der Waals surface area contributed by atoms with Gasteiger partial charge in [0.2, 0.25) is 5.78 Å². The molecule has 0 aliphatic rings. The van der Waals surface area contributed by atoms with Crippen LogP contribution in [-0.2, 0) is 4.79 Å². The molecule has 0 radical (unpaired) electrons. The van der Waals surface area contributed by atoms with Crippen molar-refractivity contribution in [3.63, 3.8) is 0 Å². The van der Waals surface area contributed by atoms with Crippen LogP contribution in [0.5, 0.6) is 0 Å². The summed E-state index contributed by atoms with van der Waals surface area (Å²) in [6.45, 7) is 2.11. The topological polar surface area (TPSA) is 17.1 Å². The molecular formula is C13H14OS. The van der Waals surface area contributed by atoms with Crippen LogP contribution in [-0.4, -0.2) is 5.78 Å². The number of thiophene rings is 1. The maximum atomic E-state index is 11.2. The summed E-state index contributed by atoms with van der Waals surface area (Å²) in [5.41, 5.74) is 0. The van der Waals surface area contributed by atoms with Crippen molar-refractivity contribution >= 4 is 23.2 Å². The quantitative estimate of drug-likeness (QED) is 0.327. The predicted octanol–water partition coefficient (Wildman–Crippen LogP) is 3.52. The first-order chi connectivity index (χ1) is 7.33. The lowest BCUT2D eigenvalue weighted by molar-refractivity contribution is -0.109. The van der Waals surface area contributed by atoms with Crippen LogP contribution >= 0.6 is 11.3 Å². The number of rotatable bonds is 4. The number of carbonyl (C=O) groups is 1. The minimum absolute atomic E-state index is 0.112. The monoisotopic (exact) mass is 218 g/mol. The van der Waals surface area contributed by atoms with Gasteiger partial charge in [0.25, 0.3) is 0 Å². The Bertz CT molecular complexity index is 376. The van der Waals surface area contributed by atoms with Crippen molar-refractivity contribution in [1.29, 1.82) is 0 Å². The highest BCUT2D eigenvalue weighted by molar-refractivity contribution is 7.10. The molecule has 0 spiro atoms. The minimum atomic E-state index is -0.112. The number of hydrogen-bond donors (Lipinski definition) is 0. The molecule has 0 aromatic carbocycles. The van der Waals surface area contributed by atoms with Gasteiger partial charge in [-0.2, -0.15) is 0 Å². The molecule has 0 atom stereocenters. The second kappa shape index (κ2) is 7.03. The van der Waals surface area contributed by atoms with Crippen LogP contribution in [0.15, 0.2) is 23.6 Å².